The van der Waals surface area contributed by atoms with Crippen molar-refractivity contribution in [2.45, 2.75) is 37.6 Å². The summed E-state index contributed by atoms with van der Waals surface area (Å²) in [4.78, 5) is 31.4. The van der Waals surface area contributed by atoms with Crippen LogP contribution in [0, 0.1) is 0 Å². The van der Waals surface area contributed by atoms with Gasteiger partial charge >= 0.3 is 0 Å². The van der Waals surface area contributed by atoms with Crippen molar-refractivity contribution in [2.24, 2.45) is 0 Å². The van der Waals surface area contributed by atoms with Gasteiger partial charge in [0.1, 0.15) is 11.3 Å². The van der Waals surface area contributed by atoms with Crippen molar-refractivity contribution in [2.75, 3.05) is 25.1 Å². The molecule has 0 unspecified atom stereocenters. The zero-order valence-electron chi connectivity index (χ0n) is 19.1. The average molecular weight is 461 g/mol. The number of likely N-dealkylation sites (N-methyl/N-ethyl adjacent to an activating group) is 1. The minimum Gasteiger partial charge on any atom is -0.395 e. The van der Waals surface area contributed by atoms with E-state index in [2.05, 4.69) is 20.5 Å². The first-order chi connectivity index (χ1) is 16.5. The van der Waals surface area contributed by atoms with Gasteiger partial charge in [0.05, 0.1) is 23.9 Å². The van der Waals surface area contributed by atoms with E-state index in [1.165, 1.54) is 0 Å². The zero-order chi connectivity index (χ0) is 23.7. The summed E-state index contributed by atoms with van der Waals surface area (Å²) >= 11 is 0. The number of amides is 1. The molecule has 0 atom stereocenters. The highest BCUT2D eigenvalue weighted by Crippen LogP contribution is 2.34. The van der Waals surface area contributed by atoms with Crippen LogP contribution in [0.5, 0.6) is 0 Å². The molecule has 1 aliphatic carbocycles. The Bertz CT molecular complexity index is 1390. The molecule has 3 aromatic heterocycles. The van der Waals surface area contributed by atoms with Crippen LogP contribution in [0.2, 0.25) is 0 Å². The van der Waals surface area contributed by atoms with Crippen LogP contribution in [0.15, 0.2) is 53.6 Å². The van der Waals surface area contributed by atoms with Crippen molar-refractivity contribution in [1.82, 2.24) is 24.9 Å². The molecular weight excluding hydrogens is 432 g/mol. The standard InChI is InChI=1S/C25H28N6O3/c1-30(12-13-32)18-10-11-31-21(15-26-22(31)14-18)25(34)27-17-8-6-16(7-9-17)23-19-4-2-3-5-20(19)24(33)29-28-23/h2-5,10-11,14-17,32H,6-9,12-13H2,1H3,(H,27,34)(H,29,33)/t16-,17-. The van der Waals surface area contributed by atoms with Crippen LogP contribution in [-0.2, 0) is 0 Å². The summed E-state index contributed by atoms with van der Waals surface area (Å²) in [5.74, 6) is 0.111. The molecule has 9 heteroatoms. The molecule has 9 nitrogen and oxygen atoms in total. The number of fused-ring (bicyclic) bond motifs is 2. The number of carbonyl (C=O) groups excluding carboxylic acids is 1. The first-order valence-corrected chi connectivity index (χ1v) is 11.6. The van der Waals surface area contributed by atoms with Crippen LogP contribution in [0.25, 0.3) is 16.4 Å². The highest BCUT2D eigenvalue weighted by Gasteiger charge is 2.27. The van der Waals surface area contributed by atoms with E-state index < -0.39 is 0 Å². The Morgan fingerprint density at radius 3 is 2.74 bits per heavy atom. The zero-order valence-corrected chi connectivity index (χ0v) is 19.1. The van der Waals surface area contributed by atoms with Gasteiger partial charge in [0, 0.05) is 48.9 Å². The van der Waals surface area contributed by atoms with Gasteiger partial charge in [-0.05, 0) is 37.8 Å². The predicted octanol–water partition coefficient (Wildman–Crippen LogP) is 2.46. The Morgan fingerprint density at radius 1 is 1.21 bits per heavy atom. The fraction of sp³-hybridized carbons (Fsp3) is 0.360. The summed E-state index contributed by atoms with van der Waals surface area (Å²) in [5, 5.41) is 20.9. The number of pyridine rings is 1. The molecule has 0 radical (unpaired) electrons. The van der Waals surface area contributed by atoms with E-state index in [-0.39, 0.29) is 30.0 Å². The second-order valence-corrected chi connectivity index (χ2v) is 8.91. The number of hydrogen-bond donors (Lipinski definition) is 3. The third kappa shape index (κ3) is 4.14. The van der Waals surface area contributed by atoms with E-state index in [0.29, 0.717) is 23.3 Å². The molecule has 0 saturated heterocycles. The van der Waals surface area contributed by atoms with E-state index in [9.17, 15) is 9.59 Å². The first kappa shape index (κ1) is 22.1. The number of carbonyl (C=O) groups is 1. The third-order valence-corrected chi connectivity index (χ3v) is 6.78. The summed E-state index contributed by atoms with van der Waals surface area (Å²) < 4.78 is 1.79. The van der Waals surface area contributed by atoms with Crippen molar-refractivity contribution in [3.05, 3.63) is 70.5 Å². The molecule has 0 aliphatic heterocycles. The number of nitrogens with zero attached hydrogens (tertiary/aromatic N) is 4. The molecule has 0 bridgehead atoms. The molecule has 34 heavy (non-hydrogen) atoms. The number of aromatic nitrogens is 4. The van der Waals surface area contributed by atoms with Crippen LogP contribution in [-0.4, -0.2) is 56.8 Å². The Labute approximate surface area is 196 Å². The predicted molar refractivity (Wildman–Crippen MR) is 130 cm³/mol. The average Bonchev–Trinajstić information content (AvgIpc) is 3.29. The minimum atomic E-state index is -0.166. The number of H-pyrrole nitrogens is 1. The topological polar surface area (TPSA) is 116 Å². The smallest absolute Gasteiger partial charge is 0.272 e. The number of aromatic amines is 1. The van der Waals surface area contributed by atoms with Gasteiger partial charge < -0.3 is 15.3 Å². The van der Waals surface area contributed by atoms with Crippen LogP contribution in [0.4, 0.5) is 5.69 Å². The van der Waals surface area contributed by atoms with Crippen LogP contribution < -0.4 is 15.8 Å². The van der Waals surface area contributed by atoms with Gasteiger partial charge in [-0.15, -0.1) is 0 Å². The molecule has 1 amide bonds. The highest BCUT2D eigenvalue weighted by atomic mass is 16.3. The van der Waals surface area contributed by atoms with Gasteiger partial charge in [0.25, 0.3) is 11.5 Å². The molecule has 176 valence electrons. The molecule has 1 aromatic carbocycles. The van der Waals surface area contributed by atoms with Crippen molar-refractivity contribution in [3.8, 4) is 0 Å². The summed E-state index contributed by atoms with van der Waals surface area (Å²) in [5.41, 5.74) is 2.89. The van der Waals surface area contributed by atoms with Gasteiger partial charge in [-0.2, -0.15) is 5.10 Å². The lowest BCUT2D eigenvalue weighted by Crippen LogP contribution is -2.38. The second kappa shape index (κ2) is 9.26. The number of hydrogen-bond acceptors (Lipinski definition) is 6. The van der Waals surface area contributed by atoms with E-state index in [1.54, 1.807) is 10.6 Å². The van der Waals surface area contributed by atoms with E-state index in [1.807, 2.05) is 54.5 Å². The first-order valence-electron chi connectivity index (χ1n) is 11.6. The lowest BCUT2D eigenvalue weighted by Gasteiger charge is -2.29. The lowest BCUT2D eigenvalue weighted by molar-refractivity contribution is 0.0919. The number of benzene rings is 1. The fourth-order valence-corrected chi connectivity index (χ4v) is 4.87. The van der Waals surface area contributed by atoms with Crippen molar-refractivity contribution in [3.63, 3.8) is 0 Å². The molecule has 1 fully saturated rings. The molecule has 4 aromatic rings. The monoisotopic (exact) mass is 460 g/mol. The molecule has 3 heterocycles. The van der Waals surface area contributed by atoms with Gasteiger partial charge in [-0.1, -0.05) is 18.2 Å². The van der Waals surface area contributed by atoms with Crippen LogP contribution >= 0.6 is 0 Å². The van der Waals surface area contributed by atoms with Gasteiger partial charge in [0.15, 0.2) is 0 Å². The highest BCUT2D eigenvalue weighted by molar-refractivity contribution is 5.93. The SMILES string of the molecule is CN(CCO)c1ccn2c(C(=O)N[C@H]3CC[C@H](c4n[nH]c(=O)c5ccccc54)CC3)cnc2c1. The number of aliphatic hydroxyl groups is 1. The Hall–Kier alpha value is -3.72. The number of aliphatic hydroxyl groups excluding tert-OH is 1. The fourth-order valence-electron chi connectivity index (χ4n) is 4.87. The normalized spacial score (nSPS) is 18.3. The Balaban J connectivity index is 1.26. The second-order valence-electron chi connectivity index (χ2n) is 8.91. The largest absolute Gasteiger partial charge is 0.395 e. The Morgan fingerprint density at radius 2 is 1.97 bits per heavy atom. The lowest BCUT2D eigenvalue weighted by atomic mass is 9.82. The number of anilines is 1. The van der Waals surface area contributed by atoms with E-state index in [0.717, 1.165) is 42.5 Å². The van der Waals surface area contributed by atoms with Gasteiger partial charge in [0.2, 0.25) is 0 Å². The molecule has 3 N–H and O–H groups in total. The summed E-state index contributed by atoms with van der Waals surface area (Å²) in [6.45, 7) is 0.595. The summed E-state index contributed by atoms with van der Waals surface area (Å²) in [6.07, 6.45) is 6.91. The van der Waals surface area contributed by atoms with Gasteiger partial charge in [-0.3, -0.25) is 14.0 Å². The Kier molecular flexibility index (Phi) is 6.02. The molecule has 5 rings (SSSR count). The van der Waals surface area contributed by atoms with Gasteiger partial charge in [-0.25, -0.2) is 10.1 Å². The van der Waals surface area contributed by atoms with Crippen LogP contribution in [0.1, 0.15) is 47.8 Å². The van der Waals surface area contributed by atoms with Crippen LogP contribution in [0.3, 0.4) is 0 Å². The third-order valence-electron chi connectivity index (χ3n) is 6.78. The number of rotatable bonds is 6. The molecule has 1 saturated carbocycles. The molecule has 1 aliphatic rings. The molecular formula is C25H28N6O3. The van der Waals surface area contributed by atoms with Crippen molar-refractivity contribution in [1.29, 1.82) is 0 Å². The summed E-state index contributed by atoms with van der Waals surface area (Å²) in [7, 11) is 1.90. The number of nitrogens with one attached hydrogen (secondary N) is 2. The quantitative estimate of drug-likeness (QED) is 0.407. The van der Waals surface area contributed by atoms with E-state index in [4.69, 9.17) is 5.11 Å². The minimum absolute atomic E-state index is 0.0700. The number of imidazole rings is 1. The maximum atomic E-state index is 13.0. The van der Waals surface area contributed by atoms with Crippen molar-refractivity contribution >= 4 is 28.0 Å². The maximum absolute atomic E-state index is 13.0. The maximum Gasteiger partial charge on any atom is 0.272 e. The summed E-state index contributed by atoms with van der Waals surface area (Å²) in [6, 6.07) is 11.5. The van der Waals surface area contributed by atoms with Crippen molar-refractivity contribution < 1.29 is 9.90 Å². The van der Waals surface area contributed by atoms with E-state index >= 15 is 0 Å². The molecule has 0 spiro atoms.